The predicted molar refractivity (Wildman–Crippen MR) is 201 cm³/mol. The minimum atomic E-state index is 0.371. The maximum Gasteiger partial charge on any atom is 0.0461 e. The van der Waals surface area contributed by atoms with Gasteiger partial charge in [-0.25, -0.2) is 0 Å². The van der Waals surface area contributed by atoms with Crippen LogP contribution in [0.1, 0.15) is 36.0 Å². The Kier molecular flexibility index (Phi) is 9.10. The average molecular weight is 609 g/mol. The third-order valence-corrected chi connectivity index (χ3v) is 8.94. The Morgan fingerprint density at radius 3 is 1.68 bits per heavy atom. The van der Waals surface area contributed by atoms with Gasteiger partial charge in [0.2, 0.25) is 0 Å². The second-order valence-electron chi connectivity index (χ2n) is 12.2. The standard InChI is InChI=1S/C45H40N2/c1-35-17-29-43(30-18-35)47(42-15-9-4-10-16-42)44-31-23-37(24-32-44)20-19-36-21-25-38(26-22-36)39-27-33-45(34-28-39)46(40-11-5-2-6-12-40)41-13-7-3-8-14-41/h2-23,25-27,29-33,37H,24,28,34H2,1H3/b20-19+. The first-order valence-corrected chi connectivity index (χ1v) is 16.6. The molecule has 2 aliphatic rings. The van der Waals surface area contributed by atoms with E-state index in [-0.39, 0.29) is 0 Å². The fourth-order valence-corrected chi connectivity index (χ4v) is 6.38. The maximum atomic E-state index is 2.38. The summed E-state index contributed by atoms with van der Waals surface area (Å²) in [5.74, 6) is 0.371. The van der Waals surface area contributed by atoms with E-state index in [9.17, 15) is 0 Å². The molecule has 0 spiro atoms. The highest BCUT2D eigenvalue weighted by Gasteiger charge is 2.18. The number of anilines is 4. The summed E-state index contributed by atoms with van der Waals surface area (Å²) in [6.45, 7) is 2.13. The molecule has 5 aromatic rings. The number of hydrogen-bond acceptors (Lipinski definition) is 2. The van der Waals surface area contributed by atoms with Crippen molar-refractivity contribution in [2.75, 3.05) is 9.80 Å². The van der Waals surface area contributed by atoms with Crippen molar-refractivity contribution in [1.29, 1.82) is 0 Å². The van der Waals surface area contributed by atoms with Crippen molar-refractivity contribution in [2.24, 2.45) is 5.92 Å². The SMILES string of the molecule is Cc1ccc(N(C2=CCC(/C=C/c3ccc(C4=CC=C(N(c5ccccc5)c5ccccc5)CC4)cc3)C=C2)c2ccccc2)cc1. The molecule has 1 atom stereocenters. The molecule has 5 aromatic carbocycles. The molecule has 7 rings (SSSR count). The number of allylic oxidation sites excluding steroid dienone is 8. The van der Waals surface area contributed by atoms with Crippen molar-refractivity contribution >= 4 is 34.4 Å². The van der Waals surface area contributed by atoms with Crippen molar-refractivity contribution in [2.45, 2.75) is 26.2 Å². The average Bonchev–Trinajstić information content (AvgIpc) is 3.14. The maximum absolute atomic E-state index is 2.38. The molecule has 0 bridgehead atoms. The van der Waals surface area contributed by atoms with Crippen molar-refractivity contribution in [1.82, 2.24) is 0 Å². The van der Waals surface area contributed by atoms with Crippen LogP contribution in [-0.2, 0) is 0 Å². The van der Waals surface area contributed by atoms with Crippen molar-refractivity contribution in [3.05, 3.63) is 204 Å². The Hall–Kier alpha value is -5.60. The van der Waals surface area contributed by atoms with Gasteiger partial charge >= 0.3 is 0 Å². The van der Waals surface area contributed by atoms with Crippen LogP contribution in [0.25, 0.3) is 11.6 Å². The summed E-state index contributed by atoms with van der Waals surface area (Å²) < 4.78 is 0. The second kappa shape index (κ2) is 14.2. The lowest BCUT2D eigenvalue weighted by Gasteiger charge is -2.30. The smallest absolute Gasteiger partial charge is 0.0461 e. The third kappa shape index (κ3) is 7.13. The van der Waals surface area contributed by atoms with Gasteiger partial charge in [-0.2, -0.15) is 0 Å². The number of nitrogens with zero attached hydrogens (tertiary/aromatic N) is 2. The lowest BCUT2D eigenvalue weighted by molar-refractivity contribution is 0.813. The first-order valence-electron chi connectivity index (χ1n) is 16.6. The summed E-state index contributed by atoms with van der Waals surface area (Å²) in [5, 5.41) is 0. The van der Waals surface area contributed by atoms with E-state index in [1.54, 1.807) is 0 Å². The highest BCUT2D eigenvalue weighted by atomic mass is 15.2. The Bertz CT molecular complexity index is 1890. The van der Waals surface area contributed by atoms with Gasteiger partial charge in [-0.15, -0.1) is 0 Å². The summed E-state index contributed by atoms with van der Waals surface area (Å²) in [6.07, 6.45) is 19.1. The molecule has 2 aliphatic carbocycles. The molecule has 0 saturated carbocycles. The van der Waals surface area contributed by atoms with Crippen LogP contribution in [0.15, 0.2) is 187 Å². The molecule has 1 unspecified atom stereocenters. The Morgan fingerprint density at radius 1 is 0.574 bits per heavy atom. The van der Waals surface area contributed by atoms with Crippen LogP contribution < -0.4 is 9.80 Å². The Balaban J connectivity index is 1.02. The van der Waals surface area contributed by atoms with E-state index in [4.69, 9.17) is 0 Å². The quantitative estimate of drug-likeness (QED) is 0.164. The van der Waals surface area contributed by atoms with Crippen LogP contribution in [0.2, 0.25) is 0 Å². The summed E-state index contributed by atoms with van der Waals surface area (Å²) in [7, 11) is 0. The number of para-hydroxylation sites is 3. The minimum absolute atomic E-state index is 0.371. The zero-order valence-corrected chi connectivity index (χ0v) is 26.9. The molecule has 0 N–H and O–H groups in total. The minimum Gasteiger partial charge on any atom is -0.314 e. The lowest BCUT2D eigenvalue weighted by atomic mass is 9.93. The van der Waals surface area contributed by atoms with Crippen LogP contribution in [0, 0.1) is 12.8 Å². The number of aryl methyl sites for hydroxylation is 1. The number of rotatable bonds is 9. The fourth-order valence-electron chi connectivity index (χ4n) is 6.38. The third-order valence-electron chi connectivity index (χ3n) is 8.94. The Labute approximate surface area is 279 Å². The van der Waals surface area contributed by atoms with Gasteiger partial charge in [0.05, 0.1) is 0 Å². The van der Waals surface area contributed by atoms with Gasteiger partial charge in [0.25, 0.3) is 0 Å². The van der Waals surface area contributed by atoms with Crippen molar-refractivity contribution < 1.29 is 0 Å². The lowest BCUT2D eigenvalue weighted by Crippen LogP contribution is -2.17. The van der Waals surface area contributed by atoms with E-state index in [1.165, 1.54) is 56.4 Å². The van der Waals surface area contributed by atoms with Gasteiger partial charge in [0, 0.05) is 34.1 Å². The molecule has 0 aliphatic heterocycles. The highest BCUT2D eigenvalue weighted by Crippen LogP contribution is 2.36. The monoisotopic (exact) mass is 608 g/mol. The van der Waals surface area contributed by atoms with E-state index in [0.717, 1.165) is 19.3 Å². The van der Waals surface area contributed by atoms with Gasteiger partial charge in [0.15, 0.2) is 0 Å². The van der Waals surface area contributed by atoms with Gasteiger partial charge in [-0.1, -0.05) is 127 Å². The van der Waals surface area contributed by atoms with Crippen molar-refractivity contribution in [3.8, 4) is 0 Å². The first kappa shape index (κ1) is 30.1. The number of hydrogen-bond donors (Lipinski definition) is 0. The molecule has 2 nitrogen and oxygen atoms in total. The summed E-state index contributed by atoms with van der Waals surface area (Å²) >= 11 is 0. The van der Waals surface area contributed by atoms with Crippen LogP contribution in [0.3, 0.4) is 0 Å². The molecule has 0 heterocycles. The zero-order valence-electron chi connectivity index (χ0n) is 26.9. The molecular formula is C45H40N2. The summed E-state index contributed by atoms with van der Waals surface area (Å²) in [6, 6.07) is 49.7. The van der Waals surface area contributed by atoms with Crippen molar-refractivity contribution in [3.63, 3.8) is 0 Å². The molecule has 0 fully saturated rings. The summed E-state index contributed by atoms with van der Waals surface area (Å²) in [5.41, 5.74) is 12.4. The van der Waals surface area contributed by atoms with Gasteiger partial charge < -0.3 is 9.80 Å². The van der Waals surface area contributed by atoms with Gasteiger partial charge in [-0.3, -0.25) is 0 Å². The molecule has 0 saturated heterocycles. The van der Waals surface area contributed by atoms with Crippen LogP contribution in [-0.4, -0.2) is 0 Å². The molecule has 0 radical (unpaired) electrons. The van der Waals surface area contributed by atoms with Crippen LogP contribution in [0.4, 0.5) is 22.7 Å². The summed E-state index contributed by atoms with van der Waals surface area (Å²) in [4.78, 5) is 4.72. The molecule has 0 amide bonds. The first-order chi connectivity index (χ1) is 23.2. The normalized spacial score (nSPS) is 15.9. The molecular weight excluding hydrogens is 569 g/mol. The predicted octanol–water partition coefficient (Wildman–Crippen LogP) is 12.2. The largest absolute Gasteiger partial charge is 0.314 e. The molecule has 230 valence electrons. The topological polar surface area (TPSA) is 6.48 Å². The second-order valence-corrected chi connectivity index (χ2v) is 12.2. The Morgan fingerprint density at radius 2 is 1.15 bits per heavy atom. The van der Waals surface area contributed by atoms with E-state index in [1.807, 2.05) is 0 Å². The van der Waals surface area contributed by atoms with Crippen LogP contribution >= 0.6 is 0 Å². The number of benzene rings is 5. The van der Waals surface area contributed by atoms with Crippen LogP contribution in [0.5, 0.6) is 0 Å². The van der Waals surface area contributed by atoms with E-state index in [2.05, 4.69) is 199 Å². The molecule has 0 aromatic heterocycles. The highest BCUT2D eigenvalue weighted by molar-refractivity contribution is 5.74. The van der Waals surface area contributed by atoms with E-state index >= 15 is 0 Å². The molecule has 47 heavy (non-hydrogen) atoms. The van der Waals surface area contributed by atoms with E-state index < -0.39 is 0 Å². The fraction of sp³-hybridized carbons (Fsp3) is 0.111. The molecule has 2 heteroatoms. The van der Waals surface area contributed by atoms with Gasteiger partial charge in [0.1, 0.15) is 0 Å². The zero-order chi connectivity index (χ0) is 31.8. The van der Waals surface area contributed by atoms with Gasteiger partial charge in [-0.05, 0) is 109 Å². The van der Waals surface area contributed by atoms with E-state index in [0.29, 0.717) is 5.92 Å².